The van der Waals surface area contributed by atoms with Gasteiger partial charge in [-0.25, -0.2) is 8.78 Å². The van der Waals surface area contributed by atoms with Gasteiger partial charge in [0, 0.05) is 49.2 Å². The van der Waals surface area contributed by atoms with Crippen molar-refractivity contribution >= 4 is 0 Å². The second-order valence-electron chi connectivity index (χ2n) is 6.97. The van der Waals surface area contributed by atoms with Gasteiger partial charge in [-0.2, -0.15) is 0 Å². The summed E-state index contributed by atoms with van der Waals surface area (Å²) < 4.78 is 27.1. The van der Waals surface area contributed by atoms with E-state index < -0.39 is 11.3 Å². The van der Waals surface area contributed by atoms with Gasteiger partial charge >= 0.3 is 0 Å². The van der Waals surface area contributed by atoms with E-state index in [4.69, 9.17) is 0 Å². The van der Waals surface area contributed by atoms with Gasteiger partial charge in [-0.1, -0.05) is 36.4 Å². The number of hydrogen-bond acceptors (Lipinski definition) is 2. The number of hydrogen-bond donors (Lipinski definition) is 1. The fraction of sp³-hybridized carbons (Fsp3) is 0.421. The number of alkyl halides is 2. The summed E-state index contributed by atoms with van der Waals surface area (Å²) in [7, 11) is 0. The summed E-state index contributed by atoms with van der Waals surface area (Å²) in [4.78, 5) is 4.11. The molecule has 1 N–H and O–H groups in total. The average Bonchev–Trinajstić information content (AvgIpc) is 3.32. The van der Waals surface area contributed by atoms with Gasteiger partial charge in [0.2, 0.25) is 5.92 Å². The molecule has 23 heavy (non-hydrogen) atoms. The van der Waals surface area contributed by atoms with E-state index in [1.807, 2.05) is 30.3 Å². The summed E-state index contributed by atoms with van der Waals surface area (Å²) in [5.41, 5.74) is 1.79. The minimum Gasteiger partial charge on any atom is -0.312 e. The number of nitrogens with zero attached hydrogens (tertiary/aromatic N) is 1. The van der Waals surface area contributed by atoms with Crippen molar-refractivity contribution in [3.8, 4) is 0 Å². The minimum atomic E-state index is -2.54. The second kappa shape index (κ2) is 5.38. The van der Waals surface area contributed by atoms with Gasteiger partial charge in [0.1, 0.15) is 0 Å². The van der Waals surface area contributed by atoms with E-state index in [9.17, 15) is 8.78 Å². The molecule has 2 saturated carbocycles. The second-order valence-corrected chi connectivity index (χ2v) is 6.97. The Hall–Kier alpha value is -1.81. The molecule has 2 aromatic rings. The maximum atomic E-state index is 13.6. The van der Waals surface area contributed by atoms with Gasteiger partial charge in [-0.05, 0) is 23.6 Å². The van der Waals surface area contributed by atoms with Crippen LogP contribution >= 0.6 is 0 Å². The Labute approximate surface area is 134 Å². The van der Waals surface area contributed by atoms with Crippen molar-refractivity contribution in [2.24, 2.45) is 0 Å². The summed E-state index contributed by atoms with van der Waals surface area (Å²) in [5, 5.41) is 3.52. The third-order valence-corrected chi connectivity index (χ3v) is 5.19. The summed E-state index contributed by atoms with van der Waals surface area (Å²) in [5.74, 6) is -2.03. The first-order valence-electron chi connectivity index (χ1n) is 8.15. The van der Waals surface area contributed by atoms with Crippen LogP contribution in [-0.4, -0.2) is 23.5 Å². The summed E-state index contributed by atoms with van der Waals surface area (Å²) in [6.07, 6.45) is 4.35. The maximum Gasteiger partial charge on any atom is 0.250 e. The van der Waals surface area contributed by atoms with E-state index >= 15 is 0 Å². The van der Waals surface area contributed by atoms with Crippen LogP contribution in [0.3, 0.4) is 0 Å². The average molecular weight is 314 g/mol. The number of pyridine rings is 1. The highest BCUT2D eigenvalue weighted by atomic mass is 19.3. The van der Waals surface area contributed by atoms with Crippen LogP contribution < -0.4 is 5.32 Å². The first-order valence-corrected chi connectivity index (χ1v) is 8.15. The lowest BCUT2D eigenvalue weighted by Gasteiger charge is -2.48. The molecule has 2 nitrogen and oxygen atoms in total. The van der Waals surface area contributed by atoms with Crippen LogP contribution in [0.25, 0.3) is 0 Å². The molecule has 0 amide bonds. The third kappa shape index (κ3) is 2.88. The van der Waals surface area contributed by atoms with E-state index in [1.165, 1.54) is 5.56 Å². The molecule has 4 rings (SSSR count). The molecule has 4 heteroatoms. The highest BCUT2D eigenvalue weighted by Crippen LogP contribution is 2.53. The van der Waals surface area contributed by atoms with Gasteiger partial charge in [0.25, 0.3) is 0 Å². The molecule has 2 aliphatic carbocycles. The number of aromatic nitrogens is 1. The molecule has 0 saturated heterocycles. The van der Waals surface area contributed by atoms with Crippen LogP contribution in [0, 0.1) is 0 Å². The van der Waals surface area contributed by atoms with Crippen LogP contribution in [0.1, 0.15) is 36.3 Å². The Kier molecular flexibility index (Phi) is 3.45. The molecule has 1 heterocycles. The van der Waals surface area contributed by atoms with Crippen LogP contribution in [0.5, 0.6) is 0 Å². The molecular weight excluding hydrogens is 294 g/mol. The normalized spacial score (nSPS) is 27.2. The molecule has 2 atom stereocenters. The van der Waals surface area contributed by atoms with Gasteiger partial charge in [-0.3, -0.25) is 4.98 Å². The molecule has 1 aromatic carbocycles. The van der Waals surface area contributed by atoms with E-state index in [1.54, 1.807) is 12.4 Å². The Morgan fingerprint density at radius 1 is 1.09 bits per heavy atom. The van der Waals surface area contributed by atoms with E-state index in [2.05, 4.69) is 22.4 Å². The van der Waals surface area contributed by atoms with Crippen molar-refractivity contribution in [1.82, 2.24) is 10.3 Å². The Bertz CT molecular complexity index is 664. The van der Waals surface area contributed by atoms with Gasteiger partial charge in [0.15, 0.2) is 0 Å². The minimum absolute atomic E-state index is 0.0819. The Morgan fingerprint density at radius 2 is 1.87 bits per heavy atom. The van der Waals surface area contributed by atoms with Gasteiger partial charge in [-0.15, -0.1) is 0 Å². The topological polar surface area (TPSA) is 24.9 Å². The summed E-state index contributed by atoms with van der Waals surface area (Å²) in [6, 6.07) is 14.6. The van der Waals surface area contributed by atoms with E-state index in [-0.39, 0.29) is 12.8 Å². The first-order chi connectivity index (χ1) is 11.1. The molecule has 0 aliphatic heterocycles. The van der Waals surface area contributed by atoms with Gasteiger partial charge < -0.3 is 5.32 Å². The zero-order chi connectivity index (χ0) is 15.9. The molecule has 2 aliphatic rings. The molecule has 0 radical (unpaired) electrons. The number of rotatable bonds is 5. The highest BCUT2D eigenvalue weighted by Gasteiger charge is 2.57. The van der Waals surface area contributed by atoms with Gasteiger partial charge in [0.05, 0.1) is 0 Å². The molecule has 0 spiro atoms. The summed E-state index contributed by atoms with van der Waals surface area (Å²) >= 11 is 0. The van der Waals surface area contributed by atoms with Crippen molar-refractivity contribution in [3.05, 3.63) is 66.0 Å². The van der Waals surface area contributed by atoms with Crippen molar-refractivity contribution < 1.29 is 8.78 Å². The van der Waals surface area contributed by atoms with E-state index in [0.29, 0.717) is 18.5 Å². The fourth-order valence-corrected chi connectivity index (χ4v) is 3.86. The monoisotopic (exact) mass is 314 g/mol. The van der Waals surface area contributed by atoms with Crippen LogP contribution in [0.4, 0.5) is 8.78 Å². The molecular formula is C19H20F2N2. The highest BCUT2D eigenvalue weighted by molar-refractivity contribution is 5.31. The molecule has 120 valence electrons. The molecule has 1 unspecified atom stereocenters. The largest absolute Gasteiger partial charge is 0.312 e. The third-order valence-electron chi connectivity index (χ3n) is 5.19. The fourth-order valence-electron chi connectivity index (χ4n) is 3.86. The predicted octanol–water partition coefficient (Wildman–Crippen LogP) is 3.89. The lowest BCUT2D eigenvalue weighted by atomic mass is 9.62. The smallest absolute Gasteiger partial charge is 0.250 e. The van der Waals surface area contributed by atoms with Crippen LogP contribution in [0.2, 0.25) is 0 Å². The standard InChI is InChI=1S/C19H20F2N2/c20-19(21)11-18(12-19,15-7-4-8-22-10-15)13-23-17-9-16(17)14-5-2-1-3-6-14/h1-8,10,16-17,23H,9,11-13H2/t16?,17-/m0/s1. The molecule has 2 fully saturated rings. The first kappa shape index (κ1) is 14.8. The molecule has 1 aromatic heterocycles. The van der Waals surface area contributed by atoms with Crippen molar-refractivity contribution in [3.63, 3.8) is 0 Å². The van der Waals surface area contributed by atoms with Crippen LogP contribution in [-0.2, 0) is 5.41 Å². The molecule has 0 bridgehead atoms. The Balaban J connectivity index is 1.43. The van der Waals surface area contributed by atoms with Crippen LogP contribution in [0.15, 0.2) is 54.9 Å². The van der Waals surface area contributed by atoms with E-state index in [0.717, 1.165) is 12.0 Å². The Morgan fingerprint density at radius 3 is 2.52 bits per heavy atom. The van der Waals surface area contributed by atoms with Crippen molar-refractivity contribution in [1.29, 1.82) is 0 Å². The SMILES string of the molecule is FC1(F)CC(CN[C@H]2CC2c2ccccc2)(c2cccnc2)C1. The quantitative estimate of drug-likeness (QED) is 0.905. The lowest BCUT2D eigenvalue weighted by Crippen LogP contribution is -2.55. The predicted molar refractivity (Wildman–Crippen MR) is 85.7 cm³/mol. The zero-order valence-electron chi connectivity index (χ0n) is 12.9. The zero-order valence-corrected chi connectivity index (χ0v) is 12.9. The maximum absolute atomic E-state index is 13.6. The van der Waals surface area contributed by atoms with Crippen molar-refractivity contribution in [2.45, 2.75) is 42.6 Å². The number of benzene rings is 1. The van der Waals surface area contributed by atoms with Crippen molar-refractivity contribution in [2.75, 3.05) is 6.54 Å². The summed E-state index contributed by atoms with van der Waals surface area (Å²) in [6.45, 7) is 0.599. The lowest BCUT2D eigenvalue weighted by molar-refractivity contribution is -0.126. The number of halogens is 2. The number of nitrogens with one attached hydrogen (secondary N) is 1.